The molecule has 1 aromatic carbocycles. The van der Waals surface area contributed by atoms with Crippen molar-refractivity contribution in [1.29, 1.82) is 0 Å². The van der Waals surface area contributed by atoms with E-state index in [-0.39, 0.29) is 24.4 Å². The van der Waals surface area contributed by atoms with E-state index in [2.05, 4.69) is 15.5 Å². The summed E-state index contributed by atoms with van der Waals surface area (Å²) in [7, 11) is 0. The molecule has 0 bridgehead atoms. The summed E-state index contributed by atoms with van der Waals surface area (Å²) in [6, 6.07) is 6.72. The average molecular weight is 357 g/mol. The molecular weight excluding hydrogens is 326 g/mol. The van der Waals surface area contributed by atoms with Gasteiger partial charge in [-0.1, -0.05) is 30.0 Å². The van der Waals surface area contributed by atoms with Gasteiger partial charge in [-0.25, -0.2) is 0 Å². The summed E-state index contributed by atoms with van der Waals surface area (Å²) in [4.78, 5) is 27.0. The number of hydrogen-bond donors (Lipinski definition) is 2. The lowest BCUT2D eigenvalue weighted by Crippen LogP contribution is -2.49. The first kappa shape index (κ1) is 18.9. The van der Waals surface area contributed by atoms with Crippen molar-refractivity contribution in [3.63, 3.8) is 0 Å². The molecule has 1 saturated carbocycles. The van der Waals surface area contributed by atoms with Gasteiger partial charge in [0, 0.05) is 30.7 Å². The van der Waals surface area contributed by atoms with E-state index in [1.807, 2.05) is 32.0 Å². The highest BCUT2D eigenvalue weighted by Crippen LogP contribution is 2.26. The zero-order valence-electron chi connectivity index (χ0n) is 16.0. The molecule has 142 valence electrons. The van der Waals surface area contributed by atoms with Gasteiger partial charge in [-0.15, -0.1) is 0 Å². The molecule has 0 radical (unpaired) electrons. The molecule has 2 amide bonds. The van der Waals surface area contributed by atoms with E-state index < -0.39 is 0 Å². The van der Waals surface area contributed by atoms with Crippen LogP contribution in [0.4, 0.5) is 0 Å². The Bertz CT molecular complexity index is 624. The van der Waals surface area contributed by atoms with Gasteiger partial charge < -0.3 is 15.5 Å². The van der Waals surface area contributed by atoms with E-state index >= 15 is 0 Å². The zero-order valence-corrected chi connectivity index (χ0v) is 16.0. The van der Waals surface area contributed by atoms with Crippen molar-refractivity contribution in [3.05, 3.63) is 34.9 Å². The molecule has 1 aliphatic carbocycles. The van der Waals surface area contributed by atoms with Gasteiger partial charge in [0.1, 0.15) is 0 Å². The van der Waals surface area contributed by atoms with Crippen molar-refractivity contribution in [3.8, 4) is 0 Å². The fourth-order valence-corrected chi connectivity index (χ4v) is 4.33. The first-order valence-corrected chi connectivity index (χ1v) is 9.91. The Morgan fingerprint density at radius 2 is 1.62 bits per heavy atom. The summed E-state index contributed by atoms with van der Waals surface area (Å²) < 4.78 is 0. The maximum Gasteiger partial charge on any atom is 0.251 e. The third-order valence-corrected chi connectivity index (χ3v) is 5.63. The van der Waals surface area contributed by atoms with Crippen LogP contribution >= 0.6 is 0 Å². The molecule has 0 aromatic heterocycles. The minimum Gasteiger partial charge on any atom is -0.352 e. The Kier molecular flexibility index (Phi) is 6.30. The van der Waals surface area contributed by atoms with E-state index in [1.54, 1.807) is 0 Å². The molecule has 1 aliphatic heterocycles. The van der Waals surface area contributed by atoms with Crippen molar-refractivity contribution in [2.24, 2.45) is 0 Å². The normalized spacial score (nSPS) is 19.5. The van der Waals surface area contributed by atoms with E-state index in [1.165, 1.54) is 25.7 Å². The Balaban J connectivity index is 1.39. The van der Waals surface area contributed by atoms with Gasteiger partial charge in [-0.3, -0.25) is 9.59 Å². The minimum absolute atomic E-state index is 0.0364. The molecule has 2 fully saturated rings. The monoisotopic (exact) mass is 357 g/mol. The summed E-state index contributed by atoms with van der Waals surface area (Å²) in [5.41, 5.74) is 2.71. The summed E-state index contributed by atoms with van der Waals surface area (Å²) in [5, 5.41) is 5.81. The van der Waals surface area contributed by atoms with Gasteiger partial charge >= 0.3 is 0 Å². The second-order valence-electron chi connectivity index (χ2n) is 7.88. The van der Waals surface area contributed by atoms with Crippen LogP contribution in [0.5, 0.6) is 0 Å². The molecule has 1 heterocycles. The summed E-state index contributed by atoms with van der Waals surface area (Å²) in [5.74, 6) is -0.287. The van der Waals surface area contributed by atoms with Gasteiger partial charge in [0.25, 0.3) is 5.91 Å². The number of rotatable bonds is 5. The van der Waals surface area contributed by atoms with Crippen molar-refractivity contribution < 1.29 is 9.59 Å². The number of hydrogen-bond acceptors (Lipinski definition) is 3. The first-order chi connectivity index (χ1) is 12.5. The summed E-state index contributed by atoms with van der Waals surface area (Å²) >= 11 is 0. The van der Waals surface area contributed by atoms with Crippen LogP contribution in [0.25, 0.3) is 0 Å². The second kappa shape index (κ2) is 8.67. The highest BCUT2D eigenvalue weighted by Gasteiger charge is 2.27. The maximum absolute atomic E-state index is 12.2. The molecule has 1 saturated heterocycles. The Morgan fingerprint density at radius 3 is 2.23 bits per heavy atom. The van der Waals surface area contributed by atoms with E-state index in [4.69, 9.17) is 0 Å². The number of nitrogens with one attached hydrogen (secondary N) is 2. The van der Waals surface area contributed by atoms with Gasteiger partial charge in [0.2, 0.25) is 5.91 Å². The topological polar surface area (TPSA) is 61.4 Å². The molecule has 0 atom stereocenters. The number of amides is 2. The lowest BCUT2D eigenvalue weighted by atomic mass is 10.0. The van der Waals surface area contributed by atoms with Crippen LogP contribution in [-0.4, -0.2) is 48.4 Å². The van der Waals surface area contributed by atoms with Gasteiger partial charge in [-0.05, 0) is 51.7 Å². The number of carbonyl (C=O) groups is 2. The van der Waals surface area contributed by atoms with E-state index in [0.717, 1.165) is 43.1 Å². The Hall–Kier alpha value is -1.88. The largest absolute Gasteiger partial charge is 0.352 e. The fraction of sp³-hybridized carbons (Fsp3) is 0.619. The lowest BCUT2D eigenvalue weighted by molar-refractivity contribution is -0.121. The number of carbonyl (C=O) groups excluding carboxylic acids is 2. The third-order valence-electron chi connectivity index (χ3n) is 5.63. The average Bonchev–Trinajstić information content (AvgIpc) is 3.14. The highest BCUT2D eigenvalue weighted by atomic mass is 16.2. The van der Waals surface area contributed by atoms with Crippen molar-refractivity contribution >= 4 is 11.8 Å². The van der Waals surface area contributed by atoms with Crippen LogP contribution in [-0.2, 0) is 4.79 Å². The molecule has 2 N–H and O–H groups in total. The number of benzene rings is 1. The van der Waals surface area contributed by atoms with Gasteiger partial charge in [-0.2, -0.15) is 0 Å². The smallest absolute Gasteiger partial charge is 0.251 e. The number of piperidine rings is 1. The SMILES string of the molecule is Cc1cc(C)cc(C(=O)NCC(=O)NC2CCN(C3CCCC3)CC2)c1. The van der Waals surface area contributed by atoms with Crippen LogP contribution in [0, 0.1) is 13.8 Å². The Morgan fingerprint density at radius 1 is 1.00 bits per heavy atom. The van der Waals surface area contributed by atoms with Crippen LogP contribution in [0.1, 0.15) is 60.0 Å². The second-order valence-corrected chi connectivity index (χ2v) is 7.88. The zero-order chi connectivity index (χ0) is 18.5. The predicted octanol–water partition coefficient (Wildman–Crippen LogP) is 2.56. The van der Waals surface area contributed by atoms with Crippen LogP contribution in [0.2, 0.25) is 0 Å². The minimum atomic E-state index is -0.192. The van der Waals surface area contributed by atoms with Crippen LogP contribution in [0.15, 0.2) is 18.2 Å². The molecule has 3 rings (SSSR count). The predicted molar refractivity (Wildman–Crippen MR) is 103 cm³/mol. The third kappa shape index (κ3) is 5.07. The summed E-state index contributed by atoms with van der Waals surface area (Å²) in [6.45, 7) is 6.12. The molecule has 0 spiro atoms. The number of nitrogens with zero attached hydrogens (tertiary/aromatic N) is 1. The van der Waals surface area contributed by atoms with Crippen LogP contribution in [0.3, 0.4) is 0 Å². The Labute approximate surface area is 156 Å². The van der Waals surface area contributed by atoms with Crippen LogP contribution < -0.4 is 10.6 Å². The molecule has 5 heteroatoms. The molecule has 2 aliphatic rings. The highest BCUT2D eigenvalue weighted by molar-refractivity contribution is 5.96. The molecule has 0 unspecified atom stereocenters. The summed E-state index contributed by atoms with van der Waals surface area (Å²) in [6.07, 6.45) is 7.41. The first-order valence-electron chi connectivity index (χ1n) is 9.91. The van der Waals surface area contributed by atoms with Crippen molar-refractivity contribution in [1.82, 2.24) is 15.5 Å². The fourth-order valence-electron chi connectivity index (χ4n) is 4.33. The van der Waals surface area contributed by atoms with Crippen molar-refractivity contribution in [2.45, 2.75) is 64.5 Å². The number of aryl methyl sites for hydroxylation is 2. The van der Waals surface area contributed by atoms with E-state index in [9.17, 15) is 9.59 Å². The molecule has 5 nitrogen and oxygen atoms in total. The molecular formula is C21H31N3O2. The van der Waals surface area contributed by atoms with Crippen molar-refractivity contribution in [2.75, 3.05) is 19.6 Å². The lowest BCUT2D eigenvalue weighted by Gasteiger charge is -2.36. The van der Waals surface area contributed by atoms with Gasteiger partial charge in [0.15, 0.2) is 0 Å². The maximum atomic E-state index is 12.2. The van der Waals surface area contributed by atoms with E-state index in [0.29, 0.717) is 5.56 Å². The van der Waals surface area contributed by atoms with Gasteiger partial charge in [0.05, 0.1) is 6.54 Å². The number of likely N-dealkylation sites (tertiary alicyclic amines) is 1. The standard InChI is InChI=1S/C21H31N3O2/c1-15-11-16(2)13-17(12-15)21(26)22-14-20(25)23-18-7-9-24(10-8-18)19-5-3-4-6-19/h11-13,18-19H,3-10,14H2,1-2H3,(H,22,26)(H,23,25). The quantitative estimate of drug-likeness (QED) is 0.851. The molecule has 26 heavy (non-hydrogen) atoms. The molecule has 1 aromatic rings.